The molecule has 0 fully saturated rings. The maximum absolute atomic E-state index is 13.1. The Morgan fingerprint density at radius 1 is 1.11 bits per heavy atom. The van der Waals surface area contributed by atoms with Gasteiger partial charge in [0.15, 0.2) is 0 Å². The number of hydrogen-bond acceptors (Lipinski definition) is 2. The summed E-state index contributed by atoms with van der Waals surface area (Å²) in [7, 11) is 0. The van der Waals surface area contributed by atoms with Crippen molar-refractivity contribution < 1.29 is 9.18 Å². The summed E-state index contributed by atoms with van der Waals surface area (Å²) in [5.74, 6) is -0.406. The first kappa shape index (κ1) is 13.6. The molecule has 0 heterocycles. The Kier molecular flexibility index (Phi) is 4.17. The number of ketones is 1. The van der Waals surface area contributed by atoms with E-state index in [4.69, 9.17) is 17.3 Å². The molecule has 0 aliphatic carbocycles. The molecule has 2 N–H and O–H groups in total. The molecule has 0 radical (unpaired) electrons. The quantitative estimate of drug-likeness (QED) is 0.870. The summed E-state index contributed by atoms with van der Waals surface area (Å²) in [6.07, 6.45) is 0.411. The second-order valence-corrected chi connectivity index (χ2v) is 4.78. The molecule has 0 atom stereocenters. The van der Waals surface area contributed by atoms with Gasteiger partial charge in [-0.3, -0.25) is 4.79 Å². The molecule has 0 bridgehead atoms. The van der Waals surface area contributed by atoms with Crippen LogP contribution in [0.3, 0.4) is 0 Å². The van der Waals surface area contributed by atoms with Crippen LogP contribution < -0.4 is 5.73 Å². The van der Waals surface area contributed by atoms with Crippen molar-refractivity contribution in [3.8, 4) is 0 Å². The van der Waals surface area contributed by atoms with E-state index in [0.717, 1.165) is 5.56 Å². The Morgan fingerprint density at radius 3 is 2.47 bits per heavy atom. The Labute approximate surface area is 116 Å². The lowest BCUT2D eigenvalue weighted by Crippen LogP contribution is -2.07. The first-order valence-electron chi connectivity index (χ1n) is 5.84. The normalized spacial score (nSPS) is 10.4. The molecule has 2 aromatic rings. The zero-order chi connectivity index (χ0) is 13.8. The van der Waals surface area contributed by atoms with Crippen LogP contribution in [0.2, 0.25) is 5.02 Å². The number of nitrogen functional groups attached to an aromatic ring is 1. The number of nitrogens with two attached hydrogens (primary N) is 1. The van der Waals surface area contributed by atoms with Crippen LogP contribution in [-0.4, -0.2) is 5.78 Å². The summed E-state index contributed by atoms with van der Waals surface area (Å²) < 4.78 is 13.1. The van der Waals surface area contributed by atoms with Crippen molar-refractivity contribution in [1.29, 1.82) is 0 Å². The largest absolute Gasteiger partial charge is 0.399 e. The molecule has 0 saturated carbocycles. The zero-order valence-corrected chi connectivity index (χ0v) is 11.0. The van der Waals surface area contributed by atoms with E-state index in [9.17, 15) is 9.18 Å². The summed E-state index contributed by atoms with van der Waals surface area (Å²) in [6.45, 7) is 0. The van der Waals surface area contributed by atoms with Gasteiger partial charge in [0.2, 0.25) is 0 Å². The van der Waals surface area contributed by atoms with Crippen molar-refractivity contribution in [2.45, 2.75) is 12.8 Å². The fourth-order valence-electron chi connectivity index (χ4n) is 1.82. The molecule has 2 aromatic carbocycles. The van der Waals surface area contributed by atoms with Crippen molar-refractivity contribution in [1.82, 2.24) is 0 Å². The molecule has 98 valence electrons. The minimum atomic E-state index is -0.389. The Morgan fingerprint density at radius 2 is 1.79 bits per heavy atom. The van der Waals surface area contributed by atoms with Crippen LogP contribution in [0.4, 0.5) is 10.1 Å². The Hall–Kier alpha value is -1.87. The van der Waals surface area contributed by atoms with Crippen LogP contribution in [0, 0.1) is 5.82 Å². The standard InChI is InChI=1S/C15H13ClFNO/c16-15-6-3-12(17)8-11(15)9-14(19)7-10-1-4-13(18)5-2-10/h1-6,8H,7,9,18H2. The van der Waals surface area contributed by atoms with Crippen molar-refractivity contribution in [2.75, 3.05) is 5.73 Å². The summed E-state index contributed by atoms with van der Waals surface area (Å²) in [5, 5.41) is 0.409. The van der Waals surface area contributed by atoms with Crippen LogP contribution in [0.15, 0.2) is 42.5 Å². The van der Waals surface area contributed by atoms with Crippen LogP contribution >= 0.6 is 11.6 Å². The van der Waals surface area contributed by atoms with Crippen LogP contribution in [0.25, 0.3) is 0 Å². The topological polar surface area (TPSA) is 43.1 Å². The van der Waals surface area contributed by atoms with Gasteiger partial charge in [-0.05, 0) is 41.5 Å². The highest BCUT2D eigenvalue weighted by molar-refractivity contribution is 6.31. The predicted molar refractivity (Wildman–Crippen MR) is 74.7 cm³/mol. The number of carbonyl (C=O) groups excluding carboxylic acids is 1. The monoisotopic (exact) mass is 277 g/mol. The minimum Gasteiger partial charge on any atom is -0.399 e. The van der Waals surface area contributed by atoms with E-state index in [1.54, 1.807) is 24.3 Å². The van der Waals surface area contributed by atoms with Crippen molar-refractivity contribution in [2.24, 2.45) is 0 Å². The molecule has 0 saturated heterocycles. The molecule has 0 aliphatic heterocycles. The lowest BCUT2D eigenvalue weighted by atomic mass is 10.0. The highest BCUT2D eigenvalue weighted by Crippen LogP contribution is 2.18. The second kappa shape index (κ2) is 5.85. The highest BCUT2D eigenvalue weighted by atomic mass is 35.5. The molecule has 19 heavy (non-hydrogen) atoms. The summed E-state index contributed by atoms with van der Waals surface area (Å²) in [6, 6.07) is 11.1. The van der Waals surface area contributed by atoms with Gasteiger partial charge in [-0.1, -0.05) is 23.7 Å². The average molecular weight is 278 g/mol. The first-order valence-corrected chi connectivity index (χ1v) is 6.22. The van der Waals surface area contributed by atoms with Crippen molar-refractivity contribution >= 4 is 23.1 Å². The van der Waals surface area contributed by atoms with E-state index >= 15 is 0 Å². The maximum atomic E-state index is 13.1. The molecule has 0 aromatic heterocycles. The van der Waals surface area contributed by atoms with E-state index < -0.39 is 0 Å². The molecule has 0 amide bonds. The van der Waals surface area contributed by atoms with Gasteiger partial charge < -0.3 is 5.73 Å². The molecule has 0 unspecified atom stereocenters. The number of hydrogen-bond donors (Lipinski definition) is 1. The van der Waals surface area contributed by atoms with E-state index in [1.165, 1.54) is 18.2 Å². The van der Waals surface area contributed by atoms with Gasteiger partial charge in [0.25, 0.3) is 0 Å². The second-order valence-electron chi connectivity index (χ2n) is 4.37. The lowest BCUT2D eigenvalue weighted by Gasteiger charge is -2.05. The fourth-order valence-corrected chi connectivity index (χ4v) is 2.00. The summed E-state index contributed by atoms with van der Waals surface area (Å²) in [5.41, 5.74) is 7.63. The number of halogens is 2. The first-order chi connectivity index (χ1) is 9.04. The number of carbonyl (C=O) groups is 1. The molecule has 0 spiro atoms. The van der Waals surface area contributed by atoms with E-state index in [1.807, 2.05) is 0 Å². The van der Waals surface area contributed by atoms with Gasteiger partial charge >= 0.3 is 0 Å². The van der Waals surface area contributed by atoms with Crippen molar-refractivity contribution in [3.63, 3.8) is 0 Å². The Balaban J connectivity index is 2.05. The van der Waals surface area contributed by atoms with E-state index in [0.29, 0.717) is 16.3 Å². The highest BCUT2D eigenvalue weighted by Gasteiger charge is 2.09. The number of anilines is 1. The molecular formula is C15H13ClFNO. The molecular weight excluding hydrogens is 265 g/mol. The molecule has 2 rings (SSSR count). The SMILES string of the molecule is Nc1ccc(CC(=O)Cc2cc(F)ccc2Cl)cc1. The third-order valence-electron chi connectivity index (χ3n) is 2.78. The summed E-state index contributed by atoms with van der Waals surface area (Å²) >= 11 is 5.93. The van der Waals surface area contributed by atoms with Gasteiger partial charge in [-0.25, -0.2) is 4.39 Å². The molecule has 4 heteroatoms. The van der Waals surface area contributed by atoms with Gasteiger partial charge in [0.1, 0.15) is 11.6 Å². The van der Waals surface area contributed by atoms with Gasteiger partial charge in [-0.15, -0.1) is 0 Å². The lowest BCUT2D eigenvalue weighted by molar-refractivity contribution is -0.117. The van der Waals surface area contributed by atoms with Crippen LogP contribution in [-0.2, 0) is 17.6 Å². The van der Waals surface area contributed by atoms with Crippen LogP contribution in [0.1, 0.15) is 11.1 Å². The maximum Gasteiger partial charge on any atom is 0.141 e. The minimum absolute atomic E-state index is 0.0164. The Bertz CT molecular complexity index is 596. The van der Waals surface area contributed by atoms with Gasteiger partial charge in [-0.2, -0.15) is 0 Å². The van der Waals surface area contributed by atoms with Crippen molar-refractivity contribution in [3.05, 3.63) is 64.4 Å². The van der Waals surface area contributed by atoms with E-state index in [-0.39, 0.29) is 24.4 Å². The molecule has 2 nitrogen and oxygen atoms in total. The zero-order valence-electron chi connectivity index (χ0n) is 10.2. The van der Waals surface area contributed by atoms with Gasteiger partial charge in [0.05, 0.1) is 0 Å². The molecule has 0 aliphatic rings. The summed E-state index contributed by atoms with van der Waals surface area (Å²) in [4.78, 5) is 11.9. The number of benzene rings is 2. The fraction of sp³-hybridized carbons (Fsp3) is 0.133. The average Bonchev–Trinajstić information content (AvgIpc) is 2.37. The predicted octanol–water partition coefficient (Wildman–Crippen LogP) is 3.42. The van der Waals surface area contributed by atoms with E-state index in [2.05, 4.69) is 0 Å². The number of rotatable bonds is 4. The third kappa shape index (κ3) is 3.80. The van der Waals surface area contributed by atoms with Crippen LogP contribution in [0.5, 0.6) is 0 Å². The third-order valence-corrected chi connectivity index (χ3v) is 3.15. The number of Topliss-reactive ketones (excluding diaryl/α,β-unsaturated/α-hetero) is 1. The smallest absolute Gasteiger partial charge is 0.141 e. The van der Waals surface area contributed by atoms with Gasteiger partial charge in [0, 0.05) is 23.6 Å².